The van der Waals surface area contributed by atoms with Crippen LogP contribution in [0.3, 0.4) is 0 Å². The van der Waals surface area contributed by atoms with Gasteiger partial charge in [-0.2, -0.15) is 5.10 Å². The molecule has 31 heavy (non-hydrogen) atoms. The second-order valence-electron chi connectivity index (χ2n) is 9.91. The number of carboxylic acid groups (broad SMARTS) is 1. The van der Waals surface area contributed by atoms with E-state index in [1.807, 2.05) is 40.0 Å². The fraction of sp³-hybridized carbons (Fsp3) is 0.600. The fourth-order valence-corrected chi connectivity index (χ4v) is 4.93. The number of carbonyl (C=O) groups is 1. The van der Waals surface area contributed by atoms with Gasteiger partial charge in [-0.25, -0.2) is 4.79 Å². The summed E-state index contributed by atoms with van der Waals surface area (Å²) >= 11 is 0. The molecule has 1 unspecified atom stereocenters. The first kappa shape index (κ1) is 21.9. The lowest BCUT2D eigenvalue weighted by molar-refractivity contribution is -0.161. The molecule has 1 aromatic carbocycles. The van der Waals surface area contributed by atoms with Crippen LogP contribution in [0.2, 0.25) is 0 Å². The zero-order chi connectivity index (χ0) is 22.2. The average molecular weight is 427 g/mol. The average Bonchev–Trinajstić information content (AvgIpc) is 3.32. The third-order valence-electron chi connectivity index (χ3n) is 6.26. The summed E-state index contributed by atoms with van der Waals surface area (Å²) < 4.78 is 13.6. The molecule has 2 heterocycles. The SMILES string of the molecule is Cn1nc(CC2CCCC2)c(-c2ccc3c(c2)CCCO3)c1C(OC(C)(C)C)C(=O)O. The summed E-state index contributed by atoms with van der Waals surface area (Å²) in [6, 6.07) is 6.21. The Balaban J connectivity index is 1.84. The molecule has 1 saturated carbocycles. The molecule has 0 bridgehead atoms. The van der Waals surface area contributed by atoms with Crippen molar-refractivity contribution >= 4 is 5.97 Å². The monoisotopic (exact) mass is 426 g/mol. The van der Waals surface area contributed by atoms with E-state index < -0.39 is 17.7 Å². The molecule has 1 aliphatic carbocycles. The van der Waals surface area contributed by atoms with Crippen LogP contribution in [0.25, 0.3) is 11.1 Å². The van der Waals surface area contributed by atoms with Crippen LogP contribution in [0.1, 0.15) is 75.9 Å². The number of benzene rings is 1. The maximum Gasteiger partial charge on any atom is 0.339 e. The predicted octanol–water partition coefficient (Wildman–Crippen LogP) is 5.09. The number of aliphatic carboxylic acids is 1. The summed E-state index contributed by atoms with van der Waals surface area (Å²) in [5.41, 5.74) is 4.09. The lowest BCUT2D eigenvalue weighted by atomic mass is 9.92. The molecule has 0 spiro atoms. The van der Waals surface area contributed by atoms with Crippen molar-refractivity contribution in [1.29, 1.82) is 0 Å². The second kappa shape index (κ2) is 8.65. The Morgan fingerprint density at radius 3 is 2.71 bits per heavy atom. The number of hydrogen-bond acceptors (Lipinski definition) is 4. The molecule has 0 amide bonds. The normalized spacial score (nSPS) is 17.9. The van der Waals surface area contributed by atoms with E-state index in [0.717, 1.165) is 48.4 Å². The molecule has 1 aromatic heterocycles. The quantitative estimate of drug-likeness (QED) is 0.697. The minimum atomic E-state index is -1.09. The van der Waals surface area contributed by atoms with Crippen LogP contribution in [-0.2, 0) is 29.4 Å². The maximum absolute atomic E-state index is 12.3. The van der Waals surface area contributed by atoms with Crippen molar-refractivity contribution in [2.75, 3.05) is 6.61 Å². The summed E-state index contributed by atoms with van der Waals surface area (Å²) in [7, 11) is 1.83. The lowest BCUT2D eigenvalue weighted by Gasteiger charge is -2.26. The number of aromatic nitrogens is 2. The fourth-order valence-electron chi connectivity index (χ4n) is 4.93. The highest BCUT2D eigenvalue weighted by Gasteiger charge is 2.34. The number of fused-ring (bicyclic) bond motifs is 1. The maximum atomic E-state index is 12.3. The van der Waals surface area contributed by atoms with E-state index in [9.17, 15) is 9.90 Å². The highest BCUT2D eigenvalue weighted by molar-refractivity contribution is 5.80. The van der Waals surface area contributed by atoms with Gasteiger partial charge in [-0.3, -0.25) is 4.68 Å². The second-order valence-corrected chi connectivity index (χ2v) is 9.91. The molecule has 0 radical (unpaired) electrons. The Morgan fingerprint density at radius 1 is 1.29 bits per heavy atom. The first-order valence-corrected chi connectivity index (χ1v) is 11.5. The third kappa shape index (κ3) is 4.79. The van der Waals surface area contributed by atoms with Gasteiger partial charge in [0, 0.05) is 12.6 Å². The topological polar surface area (TPSA) is 73.6 Å². The highest BCUT2D eigenvalue weighted by atomic mass is 16.5. The Hall–Kier alpha value is -2.34. The summed E-state index contributed by atoms with van der Waals surface area (Å²) in [6.45, 7) is 6.40. The largest absolute Gasteiger partial charge is 0.493 e. The van der Waals surface area contributed by atoms with Crippen LogP contribution in [0.4, 0.5) is 0 Å². The van der Waals surface area contributed by atoms with Gasteiger partial charge < -0.3 is 14.6 Å². The number of ether oxygens (including phenoxy) is 2. The van der Waals surface area contributed by atoms with Crippen LogP contribution in [0.15, 0.2) is 18.2 Å². The molecule has 4 rings (SSSR count). The van der Waals surface area contributed by atoms with Gasteiger partial charge in [0.1, 0.15) is 5.75 Å². The zero-order valence-corrected chi connectivity index (χ0v) is 19.1. The lowest BCUT2D eigenvalue weighted by Crippen LogP contribution is -2.29. The van der Waals surface area contributed by atoms with Gasteiger partial charge in [-0.05, 0) is 69.2 Å². The van der Waals surface area contributed by atoms with Gasteiger partial charge >= 0.3 is 5.97 Å². The minimum absolute atomic E-state index is 0.597. The van der Waals surface area contributed by atoms with Gasteiger partial charge in [0.15, 0.2) is 6.10 Å². The first-order chi connectivity index (χ1) is 14.7. The van der Waals surface area contributed by atoms with Crippen molar-refractivity contribution in [3.05, 3.63) is 35.2 Å². The summed E-state index contributed by atoms with van der Waals surface area (Å²) in [6.07, 6.45) is 6.71. The van der Waals surface area contributed by atoms with E-state index in [-0.39, 0.29) is 0 Å². The Morgan fingerprint density at radius 2 is 2.03 bits per heavy atom. The molecule has 6 nitrogen and oxygen atoms in total. The van der Waals surface area contributed by atoms with Gasteiger partial charge in [0.25, 0.3) is 0 Å². The standard InChI is InChI=1S/C25H34N2O4/c1-25(2,3)31-23(24(28)29)22-21(18-11-12-20-17(15-18)10-7-13-30-20)19(26-27(22)4)14-16-8-5-6-9-16/h11-12,15-16,23H,5-10,13-14H2,1-4H3,(H,28,29). The number of rotatable bonds is 6. The van der Waals surface area contributed by atoms with Crippen molar-refractivity contribution < 1.29 is 19.4 Å². The molecule has 1 fully saturated rings. The number of hydrogen-bond donors (Lipinski definition) is 1. The van der Waals surface area contributed by atoms with Crippen molar-refractivity contribution in [3.63, 3.8) is 0 Å². The van der Waals surface area contributed by atoms with Gasteiger partial charge in [0.2, 0.25) is 0 Å². The molecular weight excluding hydrogens is 392 g/mol. The van der Waals surface area contributed by atoms with Gasteiger partial charge in [0.05, 0.1) is 23.6 Å². The van der Waals surface area contributed by atoms with E-state index in [2.05, 4.69) is 6.07 Å². The Labute approximate surface area is 184 Å². The van der Waals surface area contributed by atoms with E-state index >= 15 is 0 Å². The number of nitrogens with zero attached hydrogens (tertiary/aromatic N) is 2. The van der Waals surface area contributed by atoms with Crippen molar-refractivity contribution in [2.24, 2.45) is 13.0 Å². The highest BCUT2D eigenvalue weighted by Crippen LogP contribution is 2.40. The molecule has 2 aromatic rings. The van der Waals surface area contributed by atoms with Crippen molar-refractivity contribution in [3.8, 4) is 16.9 Å². The summed E-state index contributed by atoms with van der Waals surface area (Å²) in [5, 5.41) is 14.9. The van der Waals surface area contributed by atoms with Crippen LogP contribution < -0.4 is 4.74 Å². The minimum Gasteiger partial charge on any atom is -0.493 e. The summed E-state index contributed by atoms with van der Waals surface area (Å²) in [4.78, 5) is 12.3. The molecule has 1 N–H and O–H groups in total. The molecule has 168 valence electrons. The Bertz CT molecular complexity index is 951. The smallest absolute Gasteiger partial charge is 0.339 e. The number of aryl methyl sites for hydroxylation is 2. The van der Waals surface area contributed by atoms with E-state index in [4.69, 9.17) is 14.6 Å². The molecule has 2 aliphatic rings. The van der Waals surface area contributed by atoms with Crippen LogP contribution in [-0.4, -0.2) is 33.1 Å². The van der Waals surface area contributed by atoms with Crippen LogP contribution >= 0.6 is 0 Å². The summed E-state index contributed by atoms with van der Waals surface area (Å²) in [5.74, 6) is 0.542. The van der Waals surface area contributed by atoms with E-state index in [1.54, 1.807) is 4.68 Å². The third-order valence-corrected chi connectivity index (χ3v) is 6.26. The van der Waals surface area contributed by atoms with Gasteiger partial charge in [-0.15, -0.1) is 0 Å². The van der Waals surface area contributed by atoms with Gasteiger partial charge in [-0.1, -0.05) is 31.7 Å². The number of carboxylic acids is 1. The Kier molecular flexibility index (Phi) is 6.11. The van der Waals surface area contributed by atoms with Crippen molar-refractivity contribution in [1.82, 2.24) is 9.78 Å². The molecule has 1 aliphatic heterocycles. The van der Waals surface area contributed by atoms with E-state index in [1.165, 1.54) is 31.2 Å². The van der Waals surface area contributed by atoms with E-state index in [0.29, 0.717) is 11.6 Å². The van der Waals surface area contributed by atoms with Crippen molar-refractivity contribution in [2.45, 2.75) is 77.4 Å². The molecule has 1 atom stereocenters. The van der Waals surface area contributed by atoms with Crippen LogP contribution in [0, 0.1) is 5.92 Å². The predicted molar refractivity (Wildman–Crippen MR) is 119 cm³/mol. The molecule has 0 saturated heterocycles. The first-order valence-electron chi connectivity index (χ1n) is 11.5. The van der Waals surface area contributed by atoms with Crippen LogP contribution in [0.5, 0.6) is 5.75 Å². The zero-order valence-electron chi connectivity index (χ0n) is 19.1. The molecular formula is C25H34N2O4. The molecule has 6 heteroatoms.